The van der Waals surface area contributed by atoms with Crippen LogP contribution in [-0.4, -0.2) is 88.0 Å². The molecule has 0 aliphatic carbocycles. The summed E-state index contributed by atoms with van der Waals surface area (Å²) < 4.78 is 44.9. The molecule has 14 heteroatoms. The van der Waals surface area contributed by atoms with E-state index < -0.39 is 29.0 Å². The Balaban J connectivity index is 0. The van der Waals surface area contributed by atoms with E-state index in [9.17, 15) is 23.5 Å². The lowest BCUT2D eigenvalue weighted by molar-refractivity contribution is 0.0519. The van der Waals surface area contributed by atoms with Crippen LogP contribution in [0, 0.1) is 5.82 Å². The second kappa shape index (κ2) is 25.2. The molecule has 3 N–H and O–H groups in total. The Kier molecular flexibility index (Phi) is 24.3. The number of halogens is 4. The molecule has 0 aliphatic rings. The molecule has 0 aromatic heterocycles. The van der Waals surface area contributed by atoms with Gasteiger partial charge in [0.1, 0.15) is 29.5 Å². The molecule has 0 saturated heterocycles. The first kappa shape index (κ1) is 47.2. The fourth-order valence-corrected chi connectivity index (χ4v) is 3.72. The fourth-order valence-electron chi connectivity index (χ4n) is 3.54. The highest BCUT2D eigenvalue weighted by Crippen LogP contribution is 2.28. The molecule has 2 aromatic carbocycles. The van der Waals surface area contributed by atoms with Gasteiger partial charge >= 0.3 is 6.09 Å². The lowest BCUT2D eigenvalue weighted by atomic mass is 10.0. The van der Waals surface area contributed by atoms with E-state index in [1.54, 1.807) is 39.0 Å². The predicted molar refractivity (Wildman–Crippen MR) is 194 cm³/mol. The summed E-state index contributed by atoms with van der Waals surface area (Å²) >= 11 is 10.6. The number of ether oxygens (including phenoxy) is 4. The third-order valence-electron chi connectivity index (χ3n) is 5.58. The van der Waals surface area contributed by atoms with Gasteiger partial charge in [-0.15, -0.1) is 11.6 Å². The summed E-state index contributed by atoms with van der Waals surface area (Å²) in [5.41, 5.74) is -1.02. The van der Waals surface area contributed by atoms with E-state index in [-0.39, 0.29) is 36.8 Å². The van der Waals surface area contributed by atoms with Crippen LogP contribution in [0.5, 0.6) is 11.5 Å². The first-order chi connectivity index (χ1) is 23.2. The van der Waals surface area contributed by atoms with Crippen molar-refractivity contribution in [3.63, 3.8) is 0 Å². The summed E-state index contributed by atoms with van der Waals surface area (Å²) in [4.78, 5) is 29.2. The number of carbonyl (C=O) groups is 2. The minimum atomic E-state index is -1.47. The van der Waals surface area contributed by atoms with Crippen LogP contribution in [0.2, 0.25) is 5.02 Å². The maximum absolute atomic E-state index is 13.7. The third-order valence-corrected chi connectivity index (χ3v) is 5.87. The molecule has 10 nitrogen and oxygen atoms in total. The van der Waals surface area contributed by atoms with Crippen molar-refractivity contribution in [3.8, 4) is 11.5 Å². The van der Waals surface area contributed by atoms with Gasteiger partial charge < -0.3 is 34.7 Å². The quantitative estimate of drug-likeness (QED) is 0.0602. The normalized spacial score (nSPS) is 12.1. The number of hydrogen-bond acceptors (Lipinski definition) is 8. The molecule has 2 amide bonds. The predicted octanol–water partition coefficient (Wildman–Crippen LogP) is 7.54. The van der Waals surface area contributed by atoms with Gasteiger partial charge in [0, 0.05) is 24.1 Å². The molecule has 1 unspecified atom stereocenters. The summed E-state index contributed by atoms with van der Waals surface area (Å²) in [6, 6.07) is 8.72. The van der Waals surface area contributed by atoms with E-state index in [1.807, 2.05) is 13.8 Å². The van der Waals surface area contributed by atoms with Gasteiger partial charge in [-0.3, -0.25) is 14.2 Å². The van der Waals surface area contributed by atoms with Gasteiger partial charge in [-0.25, -0.2) is 9.18 Å². The van der Waals surface area contributed by atoms with Crippen molar-refractivity contribution in [1.82, 2.24) is 10.6 Å². The number of alkyl carbamates (subject to hydrolysis) is 1. The van der Waals surface area contributed by atoms with E-state index in [4.69, 9.17) is 30.5 Å². The molecule has 0 saturated carbocycles. The molecule has 0 aliphatic heterocycles. The van der Waals surface area contributed by atoms with Gasteiger partial charge in [0.05, 0.1) is 45.1 Å². The zero-order chi connectivity index (χ0) is 38.2. The highest BCUT2D eigenvalue weighted by Gasteiger charge is 2.24. The van der Waals surface area contributed by atoms with Crippen LogP contribution >= 0.6 is 23.2 Å². The van der Waals surface area contributed by atoms with Crippen molar-refractivity contribution in [1.29, 1.82) is 0 Å². The smallest absolute Gasteiger partial charge is 0.407 e. The van der Waals surface area contributed by atoms with E-state index in [0.29, 0.717) is 35.7 Å². The van der Waals surface area contributed by atoms with Crippen LogP contribution < -0.4 is 20.1 Å². The highest BCUT2D eigenvalue weighted by atomic mass is 35.5. The molecule has 2 aromatic rings. The lowest BCUT2D eigenvalue weighted by Crippen LogP contribution is -2.43. The van der Waals surface area contributed by atoms with Crippen molar-refractivity contribution in [3.05, 3.63) is 82.9 Å². The second-order valence-corrected chi connectivity index (χ2v) is 11.0. The SMILES string of the molecule is C=C/C=C(/OC)C(=NCC(C)(O)CNC(=O)c1ccc(OCCNC(=O)OC(C)(C)C)c(OC)c1)c1ccc(F)c(Cl)c1.CC.CCl.CF. The van der Waals surface area contributed by atoms with Gasteiger partial charge in [-0.1, -0.05) is 38.1 Å². The first-order valence-electron chi connectivity index (χ1n) is 15.1. The Labute approximate surface area is 299 Å². The minimum Gasteiger partial charge on any atom is -0.494 e. The fraction of sp³-hybridized carbons (Fsp3) is 0.457. The van der Waals surface area contributed by atoms with Crippen molar-refractivity contribution < 1.29 is 42.4 Å². The summed E-state index contributed by atoms with van der Waals surface area (Å²) in [5.74, 6) is -0.0354. The number of nitrogens with zero attached hydrogens (tertiary/aromatic N) is 1. The van der Waals surface area contributed by atoms with Crippen LogP contribution in [0.25, 0.3) is 0 Å². The maximum atomic E-state index is 13.7. The van der Waals surface area contributed by atoms with Gasteiger partial charge in [-0.05, 0) is 70.2 Å². The van der Waals surface area contributed by atoms with Crippen LogP contribution in [0.4, 0.5) is 13.6 Å². The molecule has 1 atom stereocenters. The third kappa shape index (κ3) is 18.5. The maximum Gasteiger partial charge on any atom is 0.407 e. The monoisotopic (exact) mass is 733 g/mol. The van der Waals surface area contributed by atoms with Gasteiger partial charge in [0.2, 0.25) is 0 Å². The topological polar surface area (TPSA) is 128 Å². The second-order valence-electron chi connectivity index (χ2n) is 10.6. The van der Waals surface area contributed by atoms with Crippen molar-refractivity contribution >= 4 is 40.9 Å². The summed E-state index contributed by atoms with van der Waals surface area (Å²) in [6.45, 7) is 14.5. The van der Waals surface area contributed by atoms with Crippen LogP contribution in [0.3, 0.4) is 0 Å². The zero-order valence-electron chi connectivity index (χ0n) is 30.0. The molecular formula is C35H51Cl2F2N3O7. The summed E-state index contributed by atoms with van der Waals surface area (Å²) in [6.07, 6.45) is 3.99. The lowest BCUT2D eigenvalue weighted by Gasteiger charge is -2.23. The number of methoxy groups -OCH3 is 2. The van der Waals surface area contributed by atoms with Crippen LogP contribution in [-0.2, 0) is 9.47 Å². The molecule has 0 radical (unpaired) electrons. The molecule has 0 heterocycles. The molecule has 2 rings (SSSR count). The molecule has 0 fully saturated rings. The number of aliphatic imine (C=N–C) groups is 1. The minimum absolute atomic E-state index is 0.0948. The Hall–Kier alpha value is -3.87. The number of benzene rings is 2. The number of amides is 2. The molecule has 0 bridgehead atoms. The number of alkyl halides is 2. The van der Waals surface area contributed by atoms with Crippen molar-refractivity contribution in [2.45, 2.75) is 52.7 Å². The number of allylic oxidation sites excluding steroid dienone is 3. The average Bonchev–Trinajstić information content (AvgIpc) is 3.08. The summed E-state index contributed by atoms with van der Waals surface area (Å²) in [5, 5.41) is 16.2. The number of hydrogen-bond donors (Lipinski definition) is 3. The van der Waals surface area contributed by atoms with E-state index in [1.165, 1.54) is 57.9 Å². The number of aliphatic hydroxyl groups is 1. The molecular weight excluding hydrogens is 683 g/mol. The Bertz CT molecular complexity index is 1370. The van der Waals surface area contributed by atoms with E-state index >= 15 is 0 Å². The largest absolute Gasteiger partial charge is 0.494 e. The van der Waals surface area contributed by atoms with Crippen LogP contribution in [0.1, 0.15) is 57.5 Å². The van der Waals surface area contributed by atoms with Crippen molar-refractivity contribution in [2.75, 3.05) is 54.0 Å². The molecule has 49 heavy (non-hydrogen) atoms. The Morgan fingerprint density at radius 2 is 1.61 bits per heavy atom. The van der Waals surface area contributed by atoms with Gasteiger partial charge in [-0.2, -0.15) is 0 Å². The Morgan fingerprint density at radius 3 is 2.14 bits per heavy atom. The first-order valence-corrected chi connectivity index (χ1v) is 16.2. The number of carbonyl (C=O) groups excluding carboxylic acids is 2. The Morgan fingerprint density at radius 1 is 1.00 bits per heavy atom. The standard InChI is InChI=1S/C31H39ClFN3O7.C2H6.CH3Cl.CH3F/c1-8-9-25(40-6)27(20-10-12-23(33)22(32)16-20)35-18-31(5,39)19-36-28(37)21-11-13-24(26(17-21)41-7)42-15-14-34-29(38)43-30(2,3)4;3*1-2/h8-13,16-17,39H,1,14-15,18-19H2,2-7H3,(H,34,38)(H,36,37);1-2H3;2*1H3/b25-9+,35-27?;;;. The molecule has 0 spiro atoms. The number of rotatable bonds is 14. The van der Waals surface area contributed by atoms with Gasteiger partial charge in [0.15, 0.2) is 11.5 Å². The zero-order valence-corrected chi connectivity index (χ0v) is 31.5. The highest BCUT2D eigenvalue weighted by molar-refractivity contribution is 6.31. The average molecular weight is 735 g/mol. The van der Waals surface area contributed by atoms with E-state index in [0.717, 1.165) is 0 Å². The van der Waals surface area contributed by atoms with Crippen LogP contribution in [0.15, 0.2) is 65.9 Å². The summed E-state index contributed by atoms with van der Waals surface area (Å²) in [7, 11) is 3.38. The molecule has 276 valence electrons. The van der Waals surface area contributed by atoms with E-state index in [2.05, 4.69) is 33.8 Å². The van der Waals surface area contributed by atoms with Gasteiger partial charge in [0.25, 0.3) is 5.91 Å². The number of nitrogens with one attached hydrogen (secondary N) is 2. The van der Waals surface area contributed by atoms with Crippen molar-refractivity contribution in [2.24, 2.45) is 4.99 Å².